The van der Waals surface area contributed by atoms with E-state index in [1.54, 1.807) is 26.8 Å². The molecule has 21 heavy (non-hydrogen) atoms. The van der Waals surface area contributed by atoms with E-state index < -0.39 is 17.4 Å². The van der Waals surface area contributed by atoms with Crippen molar-refractivity contribution in [3.8, 4) is 0 Å². The van der Waals surface area contributed by atoms with E-state index in [0.29, 0.717) is 22.3 Å². The maximum atomic E-state index is 12.5. The predicted octanol–water partition coefficient (Wildman–Crippen LogP) is 1.82. The fourth-order valence-electron chi connectivity index (χ4n) is 2.01. The molecule has 2 aromatic rings. The van der Waals surface area contributed by atoms with Crippen molar-refractivity contribution in [1.29, 1.82) is 0 Å². The van der Waals surface area contributed by atoms with Crippen LogP contribution >= 0.6 is 0 Å². The fraction of sp³-hybridized carbons (Fsp3) is 0.429. The zero-order valence-electron chi connectivity index (χ0n) is 12.4. The van der Waals surface area contributed by atoms with Gasteiger partial charge in [0, 0.05) is 5.69 Å². The first-order chi connectivity index (χ1) is 9.78. The van der Waals surface area contributed by atoms with Gasteiger partial charge in [-0.3, -0.25) is 4.79 Å². The van der Waals surface area contributed by atoms with Crippen LogP contribution in [0.3, 0.4) is 0 Å². The molecule has 7 heteroatoms. The van der Waals surface area contributed by atoms with Gasteiger partial charge in [-0.25, -0.2) is 9.78 Å². The summed E-state index contributed by atoms with van der Waals surface area (Å²) < 4.78 is 5.07. The Hall–Kier alpha value is -2.44. The van der Waals surface area contributed by atoms with Crippen molar-refractivity contribution in [2.45, 2.75) is 39.7 Å². The van der Waals surface area contributed by atoms with Gasteiger partial charge in [0.1, 0.15) is 5.54 Å². The van der Waals surface area contributed by atoms with Crippen LogP contribution in [0.15, 0.2) is 10.6 Å². The highest BCUT2D eigenvalue weighted by atomic mass is 16.5. The number of carbonyl (C=O) groups excluding carboxylic acids is 1. The number of hydrogen-bond donors (Lipinski definition) is 2. The number of rotatable bonds is 4. The summed E-state index contributed by atoms with van der Waals surface area (Å²) in [7, 11) is 0. The second kappa shape index (κ2) is 5.16. The lowest BCUT2D eigenvalue weighted by Gasteiger charge is -2.24. The molecule has 0 aliphatic carbocycles. The zero-order valence-corrected chi connectivity index (χ0v) is 12.4. The van der Waals surface area contributed by atoms with Gasteiger partial charge in [0.15, 0.2) is 0 Å². The van der Waals surface area contributed by atoms with Crippen LogP contribution in [0, 0.1) is 13.8 Å². The molecule has 2 N–H and O–H groups in total. The molecule has 1 unspecified atom stereocenters. The first-order valence-corrected chi connectivity index (χ1v) is 6.58. The molecule has 112 valence electrons. The van der Waals surface area contributed by atoms with Gasteiger partial charge in [-0.05, 0) is 33.3 Å². The van der Waals surface area contributed by atoms with Crippen molar-refractivity contribution in [2.75, 3.05) is 0 Å². The highest BCUT2D eigenvalue weighted by molar-refractivity contribution is 6.07. The number of carboxylic acids is 1. The van der Waals surface area contributed by atoms with Gasteiger partial charge in [0.05, 0.1) is 16.6 Å². The highest BCUT2D eigenvalue weighted by Gasteiger charge is 2.34. The lowest BCUT2D eigenvalue weighted by molar-refractivity contribution is -0.143. The molecule has 0 bridgehead atoms. The Morgan fingerprint density at radius 1 is 1.43 bits per heavy atom. The molecule has 0 aromatic carbocycles. The van der Waals surface area contributed by atoms with Crippen LogP contribution < -0.4 is 5.32 Å². The van der Waals surface area contributed by atoms with E-state index in [9.17, 15) is 14.7 Å². The second-order valence-corrected chi connectivity index (χ2v) is 5.20. The summed E-state index contributed by atoms with van der Waals surface area (Å²) >= 11 is 0. The molecule has 7 nitrogen and oxygen atoms in total. The molecule has 0 spiro atoms. The number of amides is 1. The van der Waals surface area contributed by atoms with Crippen LogP contribution in [0.2, 0.25) is 0 Å². The number of aliphatic carboxylic acids is 1. The van der Waals surface area contributed by atoms with Gasteiger partial charge in [0.2, 0.25) is 0 Å². The zero-order chi connectivity index (χ0) is 15.8. The third-order valence-electron chi connectivity index (χ3n) is 3.56. The number of carbonyl (C=O) groups is 2. The van der Waals surface area contributed by atoms with Gasteiger partial charge in [-0.2, -0.15) is 0 Å². The third-order valence-corrected chi connectivity index (χ3v) is 3.56. The van der Waals surface area contributed by atoms with Crippen LogP contribution in [0.1, 0.15) is 42.0 Å². The summed E-state index contributed by atoms with van der Waals surface area (Å²) in [5.41, 5.74) is 0.392. The molecule has 1 atom stereocenters. The maximum Gasteiger partial charge on any atom is 0.329 e. The lowest BCUT2D eigenvalue weighted by Crippen LogP contribution is -2.51. The average Bonchev–Trinajstić information content (AvgIpc) is 2.78. The number of nitrogens with zero attached hydrogens (tertiary/aromatic N) is 2. The molecular weight excluding hydrogens is 274 g/mol. The molecule has 2 rings (SSSR count). The number of fused-ring (bicyclic) bond motifs is 1. The number of nitrogens with one attached hydrogen (secondary N) is 1. The van der Waals surface area contributed by atoms with E-state index in [4.69, 9.17) is 4.52 Å². The van der Waals surface area contributed by atoms with Crippen molar-refractivity contribution in [3.63, 3.8) is 0 Å². The molecule has 0 aliphatic heterocycles. The molecule has 0 fully saturated rings. The Labute approximate surface area is 121 Å². The van der Waals surface area contributed by atoms with Crippen molar-refractivity contribution in [1.82, 2.24) is 15.5 Å². The van der Waals surface area contributed by atoms with Crippen LogP contribution in [0.4, 0.5) is 0 Å². The summed E-state index contributed by atoms with van der Waals surface area (Å²) in [5, 5.41) is 16.1. The van der Waals surface area contributed by atoms with Crippen LogP contribution in [0.5, 0.6) is 0 Å². The topological polar surface area (TPSA) is 105 Å². The Balaban J connectivity index is 2.49. The number of carboxylic acid groups (broad SMARTS) is 1. The second-order valence-electron chi connectivity index (χ2n) is 5.20. The molecule has 1 amide bonds. The SMILES string of the molecule is CCC(C)(NC(=O)c1cc(C)nc2onc(C)c12)C(=O)O. The van der Waals surface area contributed by atoms with Crippen molar-refractivity contribution < 1.29 is 19.2 Å². The standard InChI is InChI=1S/C14H17N3O4/c1-5-14(4,13(19)20)16-11(18)9-6-7(2)15-12-10(9)8(3)17-21-12/h6H,5H2,1-4H3,(H,16,18)(H,19,20). The third kappa shape index (κ3) is 2.58. The Kier molecular flexibility index (Phi) is 3.67. The minimum absolute atomic E-state index is 0.268. The summed E-state index contributed by atoms with van der Waals surface area (Å²) in [6.45, 7) is 6.60. The van der Waals surface area contributed by atoms with Crippen molar-refractivity contribution >= 4 is 23.0 Å². The number of hydrogen-bond acceptors (Lipinski definition) is 5. The Morgan fingerprint density at radius 2 is 2.10 bits per heavy atom. The predicted molar refractivity (Wildman–Crippen MR) is 75.1 cm³/mol. The van der Waals surface area contributed by atoms with Gasteiger partial charge < -0.3 is 14.9 Å². The number of aryl methyl sites for hydroxylation is 2. The quantitative estimate of drug-likeness (QED) is 0.890. The monoisotopic (exact) mass is 291 g/mol. The average molecular weight is 291 g/mol. The Bertz CT molecular complexity index is 722. The summed E-state index contributed by atoms with van der Waals surface area (Å²) in [5.74, 6) is -1.56. The van der Waals surface area contributed by atoms with Gasteiger partial charge in [-0.15, -0.1) is 0 Å². The summed E-state index contributed by atoms with van der Waals surface area (Å²) in [6, 6.07) is 1.60. The molecule has 0 saturated carbocycles. The number of aromatic nitrogens is 2. The lowest BCUT2D eigenvalue weighted by atomic mass is 9.98. The smallest absolute Gasteiger partial charge is 0.329 e. The summed E-state index contributed by atoms with van der Waals surface area (Å²) in [4.78, 5) is 27.9. The minimum Gasteiger partial charge on any atom is -0.480 e. The Morgan fingerprint density at radius 3 is 2.67 bits per heavy atom. The van der Waals surface area contributed by atoms with Crippen LogP contribution in [0.25, 0.3) is 11.1 Å². The van der Waals surface area contributed by atoms with Gasteiger partial charge in [-0.1, -0.05) is 12.1 Å². The molecule has 0 saturated heterocycles. The van der Waals surface area contributed by atoms with E-state index in [2.05, 4.69) is 15.5 Å². The minimum atomic E-state index is -1.33. The van der Waals surface area contributed by atoms with Crippen molar-refractivity contribution in [2.24, 2.45) is 0 Å². The molecule has 2 heterocycles. The largest absolute Gasteiger partial charge is 0.480 e. The summed E-state index contributed by atoms with van der Waals surface area (Å²) in [6.07, 6.45) is 0.268. The maximum absolute atomic E-state index is 12.5. The van der Waals surface area contributed by atoms with Gasteiger partial charge in [0.25, 0.3) is 11.6 Å². The van der Waals surface area contributed by atoms with Crippen molar-refractivity contribution in [3.05, 3.63) is 23.0 Å². The van der Waals surface area contributed by atoms with Crippen LogP contribution in [-0.2, 0) is 4.79 Å². The fourth-order valence-corrected chi connectivity index (χ4v) is 2.01. The first-order valence-electron chi connectivity index (χ1n) is 6.58. The normalized spacial score (nSPS) is 13.9. The van der Waals surface area contributed by atoms with E-state index in [-0.39, 0.29) is 12.1 Å². The van der Waals surface area contributed by atoms with E-state index >= 15 is 0 Å². The van der Waals surface area contributed by atoms with Gasteiger partial charge >= 0.3 is 5.97 Å². The molecular formula is C14H17N3O4. The molecule has 2 aromatic heterocycles. The first kappa shape index (κ1) is 15.0. The van der Waals surface area contributed by atoms with E-state index in [1.165, 1.54) is 6.92 Å². The van der Waals surface area contributed by atoms with E-state index in [0.717, 1.165) is 0 Å². The molecule has 0 radical (unpaired) electrons. The van der Waals surface area contributed by atoms with Crippen LogP contribution in [-0.4, -0.2) is 32.7 Å². The molecule has 0 aliphatic rings. The van der Waals surface area contributed by atoms with E-state index in [1.807, 2.05) is 0 Å². The number of pyridine rings is 1. The highest BCUT2D eigenvalue weighted by Crippen LogP contribution is 2.22.